The summed E-state index contributed by atoms with van der Waals surface area (Å²) in [5, 5.41) is 5.10. The summed E-state index contributed by atoms with van der Waals surface area (Å²) in [5.74, 6) is 1.56. The number of nitrogens with zero attached hydrogens (tertiary/aromatic N) is 1. The molecule has 0 saturated carbocycles. The zero-order chi connectivity index (χ0) is 20.4. The summed E-state index contributed by atoms with van der Waals surface area (Å²) >= 11 is 1.33. The molecule has 1 aromatic heterocycles. The van der Waals surface area contributed by atoms with Crippen molar-refractivity contribution in [2.75, 3.05) is 12.1 Å². The Labute approximate surface area is 171 Å². The van der Waals surface area contributed by atoms with Gasteiger partial charge in [0.1, 0.15) is 5.75 Å². The van der Waals surface area contributed by atoms with Crippen molar-refractivity contribution in [1.82, 2.24) is 4.98 Å². The first-order valence-corrected chi connectivity index (χ1v) is 9.81. The van der Waals surface area contributed by atoms with Gasteiger partial charge in [-0.2, -0.15) is 0 Å². The number of rotatable bonds is 6. The fourth-order valence-corrected chi connectivity index (χ4v) is 3.48. The van der Waals surface area contributed by atoms with Crippen molar-refractivity contribution in [3.8, 4) is 28.5 Å². The Morgan fingerprint density at radius 2 is 1.90 bits per heavy atom. The van der Waals surface area contributed by atoms with Crippen LogP contribution in [-0.2, 0) is 4.79 Å². The lowest BCUT2D eigenvalue weighted by molar-refractivity contribution is -0.122. The molecule has 0 bridgehead atoms. The van der Waals surface area contributed by atoms with Crippen LogP contribution in [0.1, 0.15) is 24.2 Å². The van der Waals surface area contributed by atoms with E-state index in [1.165, 1.54) is 18.3 Å². The van der Waals surface area contributed by atoms with Crippen LogP contribution in [0.25, 0.3) is 11.3 Å². The van der Waals surface area contributed by atoms with E-state index in [1.54, 1.807) is 31.2 Å². The number of ketones is 1. The van der Waals surface area contributed by atoms with Gasteiger partial charge in [-0.05, 0) is 56.3 Å². The number of thiazole rings is 1. The molecule has 148 valence electrons. The van der Waals surface area contributed by atoms with Gasteiger partial charge in [0, 0.05) is 16.5 Å². The molecule has 1 aliphatic rings. The lowest BCUT2D eigenvalue weighted by atomic mass is 10.1. The fraction of sp³-hybridized carbons (Fsp3) is 0.190. The molecule has 0 saturated heterocycles. The number of benzene rings is 2. The normalized spacial score (nSPS) is 13.0. The van der Waals surface area contributed by atoms with Crippen LogP contribution in [0.2, 0.25) is 0 Å². The van der Waals surface area contributed by atoms with Crippen LogP contribution in [0, 0.1) is 0 Å². The van der Waals surface area contributed by atoms with Crippen LogP contribution in [0.15, 0.2) is 47.8 Å². The van der Waals surface area contributed by atoms with Gasteiger partial charge in [0.2, 0.25) is 6.79 Å². The molecule has 1 N–H and O–H groups in total. The van der Waals surface area contributed by atoms with Crippen molar-refractivity contribution in [3.63, 3.8) is 0 Å². The molecule has 1 aliphatic heterocycles. The monoisotopic (exact) mass is 410 g/mol. The predicted octanol–water partition coefficient (Wildman–Crippen LogP) is 4.15. The highest BCUT2D eigenvalue weighted by Crippen LogP contribution is 2.36. The minimum Gasteiger partial charge on any atom is -0.481 e. The number of amides is 1. The predicted molar refractivity (Wildman–Crippen MR) is 109 cm³/mol. The van der Waals surface area contributed by atoms with E-state index in [0.29, 0.717) is 27.9 Å². The van der Waals surface area contributed by atoms with E-state index in [4.69, 9.17) is 14.2 Å². The SMILES string of the molecule is CC(=O)c1ccc(OC(C)C(=O)Nc2nc(-c3ccc4c(c3)OCO4)cs2)cc1. The highest BCUT2D eigenvalue weighted by atomic mass is 32.1. The second-order valence-electron chi connectivity index (χ2n) is 6.44. The van der Waals surface area contributed by atoms with E-state index >= 15 is 0 Å². The lowest BCUT2D eigenvalue weighted by Crippen LogP contribution is -2.30. The number of carbonyl (C=O) groups excluding carboxylic acids is 2. The standard InChI is InChI=1S/C21H18N2O5S/c1-12(24)14-3-6-16(7-4-14)28-13(2)20(25)23-21-22-17(10-29-21)15-5-8-18-19(9-15)27-11-26-18/h3-10,13H,11H2,1-2H3,(H,22,23,25). The number of fused-ring (bicyclic) bond motifs is 1. The first-order valence-electron chi connectivity index (χ1n) is 8.93. The summed E-state index contributed by atoms with van der Waals surface area (Å²) in [5.41, 5.74) is 2.20. The highest BCUT2D eigenvalue weighted by molar-refractivity contribution is 7.14. The number of ether oxygens (including phenoxy) is 3. The van der Waals surface area contributed by atoms with Crippen molar-refractivity contribution in [3.05, 3.63) is 53.4 Å². The third-order valence-electron chi connectivity index (χ3n) is 4.35. The van der Waals surface area contributed by atoms with Gasteiger partial charge >= 0.3 is 0 Å². The zero-order valence-electron chi connectivity index (χ0n) is 15.8. The number of carbonyl (C=O) groups is 2. The first-order chi connectivity index (χ1) is 14.0. The maximum atomic E-state index is 12.4. The third-order valence-corrected chi connectivity index (χ3v) is 5.10. The molecule has 4 rings (SSSR count). The molecular weight excluding hydrogens is 392 g/mol. The Bertz CT molecular complexity index is 1060. The van der Waals surface area contributed by atoms with E-state index < -0.39 is 6.10 Å². The van der Waals surface area contributed by atoms with Crippen molar-refractivity contribution in [2.45, 2.75) is 20.0 Å². The van der Waals surface area contributed by atoms with Gasteiger partial charge in [0.15, 0.2) is 28.5 Å². The average Bonchev–Trinajstić information content (AvgIpc) is 3.37. The highest BCUT2D eigenvalue weighted by Gasteiger charge is 2.18. The minimum atomic E-state index is -0.726. The lowest BCUT2D eigenvalue weighted by Gasteiger charge is -2.13. The smallest absolute Gasteiger partial charge is 0.266 e. The van der Waals surface area contributed by atoms with E-state index in [2.05, 4.69) is 10.3 Å². The average molecular weight is 410 g/mol. The molecule has 0 radical (unpaired) electrons. The van der Waals surface area contributed by atoms with Crippen LogP contribution in [-0.4, -0.2) is 29.6 Å². The first kappa shape index (κ1) is 18.9. The molecule has 0 aliphatic carbocycles. The van der Waals surface area contributed by atoms with Gasteiger partial charge in [-0.25, -0.2) is 4.98 Å². The molecule has 2 heterocycles. The van der Waals surface area contributed by atoms with Gasteiger partial charge in [0.05, 0.1) is 5.69 Å². The number of nitrogens with one attached hydrogen (secondary N) is 1. The summed E-state index contributed by atoms with van der Waals surface area (Å²) in [7, 11) is 0. The molecule has 0 spiro atoms. The third kappa shape index (κ3) is 4.22. The topological polar surface area (TPSA) is 86.8 Å². The molecule has 1 amide bonds. The summed E-state index contributed by atoms with van der Waals surface area (Å²) in [6.07, 6.45) is -0.726. The van der Waals surface area contributed by atoms with E-state index in [9.17, 15) is 9.59 Å². The largest absolute Gasteiger partial charge is 0.481 e. The van der Waals surface area contributed by atoms with Crippen LogP contribution in [0.3, 0.4) is 0 Å². The Balaban J connectivity index is 1.39. The number of Topliss-reactive ketones (excluding diaryl/α,β-unsaturated/α-hetero) is 1. The molecule has 8 heteroatoms. The van der Waals surface area contributed by atoms with Crippen LogP contribution >= 0.6 is 11.3 Å². The van der Waals surface area contributed by atoms with Crippen molar-refractivity contribution >= 4 is 28.2 Å². The molecule has 3 aromatic rings. The number of aromatic nitrogens is 1. The van der Waals surface area contributed by atoms with Crippen molar-refractivity contribution in [2.24, 2.45) is 0 Å². The second kappa shape index (κ2) is 7.92. The summed E-state index contributed by atoms with van der Waals surface area (Å²) in [4.78, 5) is 28.2. The van der Waals surface area contributed by atoms with E-state index in [-0.39, 0.29) is 18.5 Å². The Morgan fingerprint density at radius 3 is 2.66 bits per heavy atom. The van der Waals surface area contributed by atoms with Gasteiger partial charge in [-0.1, -0.05) is 0 Å². The summed E-state index contributed by atoms with van der Waals surface area (Å²) in [6, 6.07) is 12.3. The minimum absolute atomic E-state index is 0.0237. The van der Waals surface area contributed by atoms with Crippen molar-refractivity contribution in [1.29, 1.82) is 0 Å². The number of hydrogen-bond donors (Lipinski definition) is 1. The molecule has 29 heavy (non-hydrogen) atoms. The fourth-order valence-electron chi connectivity index (χ4n) is 2.75. The molecule has 2 aromatic carbocycles. The van der Waals surface area contributed by atoms with Gasteiger partial charge in [-0.3, -0.25) is 14.9 Å². The molecule has 1 unspecified atom stereocenters. The van der Waals surface area contributed by atoms with Crippen LogP contribution < -0.4 is 19.5 Å². The second-order valence-corrected chi connectivity index (χ2v) is 7.29. The Kier molecular flexibility index (Phi) is 5.18. The van der Waals surface area contributed by atoms with E-state index in [0.717, 1.165) is 11.3 Å². The van der Waals surface area contributed by atoms with Gasteiger partial charge in [0.25, 0.3) is 5.91 Å². The Morgan fingerprint density at radius 1 is 1.14 bits per heavy atom. The maximum absolute atomic E-state index is 12.4. The maximum Gasteiger partial charge on any atom is 0.266 e. The number of anilines is 1. The summed E-state index contributed by atoms with van der Waals surface area (Å²) < 4.78 is 16.3. The zero-order valence-corrected chi connectivity index (χ0v) is 16.6. The van der Waals surface area contributed by atoms with Crippen LogP contribution in [0.4, 0.5) is 5.13 Å². The molecule has 7 nitrogen and oxygen atoms in total. The molecule has 0 fully saturated rings. The van der Waals surface area contributed by atoms with Gasteiger partial charge < -0.3 is 14.2 Å². The van der Waals surface area contributed by atoms with Crippen LogP contribution in [0.5, 0.6) is 17.2 Å². The quantitative estimate of drug-likeness (QED) is 0.615. The Hall–Kier alpha value is -3.39. The number of hydrogen-bond acceptors (Lipinski definition) is 7. The van der Waals surface area contributed by atoms with Gasteiger partial charge in [-0.15, -0.1) is 11.3 Å². The molecular formula is C21H18N2O5S. The summed E-state index contributed by atoms with van der Waals surface area (Å²) in [6.45, 7) is 3.37. The molecule has 1 atom stereocenters. The van der Waals surface area contributed by atoms with Crippen molar-refractivity contribution < 1.29 is 23.8 Å². The van der Waals surface area contributed by atoms with E-state index in [1.807, 2.05) is 23.6 Å².